The predicted octanol–water partition coefficient (Wildman–Crippen LogP) is 0.171. The van der Waals surface area contributed by atoms with Gasteiger partial charge in [-0.15, -0.1) is 0 Å². The van der Waals surface area contributed by atoms with Crippen molar-refractivity contribution in [2.24, 2.45) is 5.84 Å². The zero-order chi connectivity index (χ0) is 13.6. The summed E-state index contributed by atoms with van der Waals surface area (Å²) in [6.07, 6.45) is 4.27. The SMILES string of the molecule is CCCc1c(NN)ncnc1NCCS(C)(=O)=O. The minimum absolute atomic E-state index is 0.0634. The molecular weight excluding hydrogens is 254 g/mol. The van der Waals surface area contributed by atoms with Crippen molar-refractivity contribution < 1.29 is 8.42 Å². The van der Waals surface area contributed by atoms with E-state index < -0.39 is 9.84 Å². The van der Waals surface area contributed by atoms with Crippen molar-refractivity contribution in [2.45, 2.75) is 19.8 Å². The summed E-state index contributed by atoms with van der Waals surface area (Å²) in [5.74, 6) is 6.64. The molecule has 0 aliphatic carbocycles. The first-order valence-electron chi connectivity index (χ1n) is 5.70. The molecule has 4 N–H and O–H groups in total. The van der Waals surface area contributed by atoms with Gasteiger partial charge in [-0.3, -0.25) is 0 Å². The summed E-state index contributed by atoms with van der Waals surface area (Å²) in [6, 6.07) is 0. The van der Waals surface area contributed by atoms with E-state index in [0.717, 1.165) is 18.4 Å². The van der Waals surface area contributed by atoms with Crippen LogP contribution in [-0.2, 0) is 16.3 Å². The van der Waals surface area contributed by atoms with Gasteiger partial charge in [0.1, 0.15) is 27.8 Å². The largest absolute Gasteiger partial charge is 0.369 e. The Morgan fingerprint density at radius 2 is 2.00 bits per heavy atom. The Balaban J connectivity index is 2.81. The third-order valence-corrected chi connectivity index (χ3v) is 3.29. The van der Waals surface area contributed by atoms with E-state index in [1.165, 1.54) is 12.6 Å². The summed E-state index contributed by atoms with van der Waals surface area (Å²) in [5.41, 5.74) is 3.39. The Hall–Kier alpha value is -1.41. The second-order valence-electron chi connectivity index (χ2n) is 4.00. The lowest BCUT2D eigenvalue weighted by Crippen LogP contribution is -2.18. The maximum atomic E-state index is 11.1. The lowest BCUT2D eigenvalue weighted by atomic mass is 10.1. The highest BCUT2D eigenvalue weighted by atomic mass is 32.2. The van der Waals surface area contributed by atoms with E-state index in [9.17, 15) is 8.42 Å². The van der Waals surface area contributed by atoms with E-state index >= 15 is 0 Å². The van der Waals surface area contributed by atoms with Crippen LogP contribution < -0.4 is 16.6 Å². The molecule has 0 unspecified atom stereocenters. The smallest absolute Gasteiger partial charge is 0.149 e. The van der Waals surface area contributed by atoms with Gasteiger partial charge in [-0.1, -0.05) is 13.3 Å². The van der Waals surface area contributed by atoms with Gasteiger partial charge in [-0.2, -0.15) is 0 Å². The number of hydrazine groups is 1. The topological polar surface area (TPSA) is 110 Å². The van der Waals surface area contributed by atoms with E-state index in [1.807, 2.05) is 6.92 Å². The van der Waals surface area contributed by atoms with Crippen LogP contribution in [0.2, 0.25) is 0 Å². The van der Waals surface area contributed by atoms with E-state index in [-0.39, 0.29) is 5.75 Å². The van der Waals surface area contributed by atoms with Crippen LogP contribution in [0.3, 0.4) is 0 Å². The second-order valence-corrected chi connectivity index (χ2v) is 6.26. The highest BCUT2D eigenvalue weighted by Gasteiger charge is 2.10. The van der Waals surface area contributed by atoms with Crippen molar-refractivity contribution in [2.75, 3.05) is 29.3 Å². The molecule has 0 spiro atoms. The van der Waals surface area contributed by atoms with Gasteiger partial charge < -0.3 is 10.7 Å². The van der Waals surface area contributed by atoms with Crippen molar-refractivity contribution in [1.29, 1.82) is 0 Å². The fourth-order valence-corrected chi connectivity index (χ4v) is 2.00. The maximum Gasteiger partial charge on any atom is 0.149 e. The Morgan fingerprint density at radius 3 is 2.56 bits per heavy atom. The molecule has 102 valence electrons. The molecule has 1 aromatic heterocycles. The van der Waals surface area contributed by atoms with E-state index in [2.05, 4.69) is 20.7 Å². The molecule has 0 aliphatic heterocycles. The van der Waals surface area contributed by atoms with Gasteiger partial charge in [0.2, 0.25) is 0 Å². The molecule has 0 aliphatic rings. The number of aromatic nitrogens is 2. The Kier molecular flexibility index (Phi) is 5.29. The summed E-state index contributed by atoms with van der Waals surface area (Å²) in [4.78, 5) is 8.14. The van der Waals surface area contributed by atoms with Crippen LogP contribution in [0.1, 0.15) is 18.9 Å². The molecular formula is C10H19N5O2S. The fraction of sp³-hybridized carbons (Fsp3) is 0.600. The first-order chi connectivity index (χ1) is 8.48. The van der Waals surface area contributed by atoms with Crippen molar-refractivity contribution in [3.8, 4) is 0 Å². The average molecular weight is 273 g/mol. The van der Waals surface area contributed by atoms with Crippen LogP contribution in [-0.4, -0.2) is 36.9 Å². The Labute approximate surface area is 107 Å². The van der Waals surface area contributed by atoms with Gasteiger partial charge in [0.25, 0.3) is 0 Å². The molecule has 1 rings (SSSR count). The van der Waals surface area contributed by atoms with Gasteiger partial charge >= 0.3 is 0 Å². The first-order valence-corrected chi connectivity index (χ1v) is 7.76. The van der Waals surface area contributed by atoms with Crippen molar-refractivity contribution >= 4 is 21.5 Å². The predicted molar refractivity (Wildman–Crippen MR) is 72.0 cm³/mol. The molecule has 7 nitrogen and oxygen atoms in total. The minimum atomic E-state index is -2.98. The molecule has 8 heteroatoms. The quantitative estimate of drug-likeness (QED) is 0.480. The molecule has 0 fully saturated rings. The highest BCUT2D eigenvalue weighted by Crippen LogP contribution is 2.20. The molecule has 0 bridgehead atoms. The molecule has 0 aromatic carbocycles. The van der Waals surface area contributed by atoms with Gasteiger partial charge in [0.15, 0.2) is 0 Å². The molecule has 0 radical (unpaired) electrons. The van der Waals surface area contributed by atoms with Crippen LogP contribution in [0.15, 0.2) is 6.33 Å². The van der Waals surface area contributed by atoms with E-state index in [1.54, 1.807) is 0 Å². The van der Waals surface area contributed by atoms with E-state index in [0.29, 0.717) is 18.2 Å². The lowest BCUT2D eigenvalue weighted by molar-refractivity contribution is 0.602. The number of nitrogen functional groups attached to an aromatic ring is 1. The molecule has 0 atom stereocenters. The summed E-state index contributed by atoms with van der Waals surface area (Å²) in [6.45, 7) is 2.35. The number of sulfone groups is 1. The van der Waals surface area contributed by atoms with Gasteiger partial charge in [0, 0.05) is 18.4 Å². The van der Waals surface area contributed by atoms with E-state index in [4.69, 9.17) is 5.84 Å². The highest BCUT2D eigenvalue weighted by molar-refractivity contribution is 7.90. The zero-order valence-corrected chi connectivity index (χ0v) is 11.4. The molecule has 0 saturated heterocycles. The van der Waals surface area contributed by atoms with Crippen molar-refractivity contribution in [3.63, 3.8) is 0 Å². The standard InChI is InChI=1S/C10H19N5O2S/c1-3-4-8-9(12-5-6-18(2,16)17)13-7-14-10(8)15-11/h7H,3-6,11H2,1-2H3,(H2,12,13,14,15). The third kappa shape index (κ3) is 4.46. The van der Waals surface area contributed by atoms with Crippen LogP contribution in [0, 0.1) is 0 Å². The maximum absolute atomic E-state index is 11.1. The van der Waals surface area contributed by atoms with Gasteiger partial charge in [0.05, 0.1) is 5.75 Å². The molecule has 18 heavy (non-hydrogen) atoms. The zero-order valence-electron chi connectivity index (χ0n) is 10.6. The normalized spacial score (nSPS) is 11.3. The monoisotopic (exact) mass is 273 g/mol. The lowest BCUT2D eigenvalue weighted by Gasteiger charge is -2.13. The summed E-state index contributed by atoms with van der Waals surface area (Å²) in [5, 5.41) is 3.00. The van der Waals surface area contributed by atoms with Crippen LogP contribution in [0.25, 0.3) is 0 Å². The summed E-state index contributed by atoms with van der Waals surface area (Å²) in [7, 11) is -2.98. The molecule has 1 aromatic rings. The number of nitrogens with two attached hydrogens (primary N) is 1. The number of hydrogen-bond acceptors (Lipinski definition) is 7. The van der Waals surface area contributed by atoms with Crippen molar-refractivity contribution in [3.05, 3.63) is 11.9 Å². The first kappa shape index (κ1) is 14.7. The number of rotatable bonds is 7. The van der Waals surface area contributed by atoms with Crippen LogP contribution in [0.5, 0.6) is 0 Å². The van der Waals surface area contributed by atoms with Crippen molar-refractivity contribution in [1.82, 2.24) is 9.97 Å². The number of hydrogen-bond donors (Lipinski definition) is 3. The van der Waals surface area contributed by atoms with Gasteiger partial charge in [-0.05, 0) is 6.42 Å². The second kappa shape index (κ2) is 6.50. The number of anilines is 2. The average Bonchev–Trinajstić information content (AvgIpc) is 2.29. The summed E-state index contributed by atoms with van der Waals surface area (Å²) >= 11 is 0. The number of nitrogens with one attached hydrogen (secondary N) is 2. The fourth-order valence-electron chi connectivity index (χ4n) is 1.53. The van der Waals surface area contributed by atoms with Gasteiger partial charge in [-0.25, -0.2) is 24.2 Å². The third-order valence-electron chi connectivity index (χ3n) is 2.35. The summed E-state index contributed by atoms with van der Waals surface area (Å²) < 4.78 is 22.1. The molecule has 1 heterocycles. The Morgan fingerprint density at radius 1 is 1.33 bits per heavy atom. The Bertz CT molecular complexity index is 489. The van der Waals surface area contributed by atoms with Crippen LogP contribution in [0.4, 0.5) is 11.6 Å². The number of nitrogens with zero attached hydrogens (tertiary/aromatic N) is 2. The molecule has 0 amide bonds. The van der Waals surface area contributed by atoms with Crippen LogP contribution >= 0.6 is 0 Å². The molecule has 0 saturated carbocycles. The minimum Gasteiger partial charge on any atom is -0.369 e.